The van der Waals surface area contributed by atoms with Gasteiger partial charge in [-0.05, 0) is 22.9 Å². The molecule has 2 N–H and O–H groups in total. The van der Waals surface area contributed by atoms with Crippen molar-refractivity contribution in [2.24, 2.45) is 0 Å². The van der Waals surface area contributed by atoms with Crippen molar-refractivity contribution in [3.63, 3.8) is 0 Å². The first-order chi connectivity index (χ1) is 9.43. The third kappa shape index (κ3) is 3.09. The molecule has 4 nitrogen and oxygen atoms in total. The zero-order valence-corrected chi connectivity index (χ0v) is 11.9. The van der Waals surface area contributed by atoms with E-state index in [0.29, 0.717) is 0 Å². The van der Waals surface area contributed by atoms with Crippen LogP contribution in [0, 0.1) is 0 Å². The summed E-state index contributed by atoms with van der Waals surface area (Å²) in [4.78, 5) is 6.83. The van der Waals surface area contributed by atoms with Crippen LogP contribution in [0.25, 0.3) is 0 Å². The van der Waals surface area contributed by atoms with E-state index in [-0.39, 0.29) is 6.04 Å². The molecule has 0 aliphatic carbocycles. The Morgan fingerprint density at radius 1 is 1.16 bits per heavy atom. The first kappa shape index (κ1) is 12.5. The van der Waals surface area contributed by atoms with Gasteiger partial charge < -0.3 is 5.32 Å². The smallest absolute Gasteiger partial charge is 0.137 e. The molecule has 0 amide bonds. The van der Waals surface area contributed by atoms with Crippen LogP contribution in [0.2, 0.25) is 0 Å². The van der Waals surface area contributed by atoms with Crippen LogP contribution in [0.15, 0.2) is 41.4 Å². The van der Waals surface area contributed by atoms with Gasteiger partial charge in [-0.1, -0.05) is 12.1 Å². The molecule has 3 aromatic heterocycles. The van der Waals surface area contributed by atoms with Gasteiger partial charge in [0.2, 0.25) is 0 Å². The fraction of sp³-hybridized carbons (Fsp3) is 0.231. The van der Waals surface area contributed by atoms with Crippen molar-refractivity contribution in [1.29, 1.82) is 0 Å². The van der Waals surface area contributed by atoms with Crippen molar-refractivity contribution in [3.05, 3.63) is 56.9 Å². The molecule has 0 saturated carbocycles. The molecule has 0 aliphatic rings. The van der Waals surface area contributed by atoms with E-state index in [9.17, 15) is 0 Å². The quantitative estimate of drug-likeness (QED) is 0.734. The van der Waals surface area contributed by atoms with Crippen LogP contribution >= 0.6 is 22.7 Å². The normalized spacial score (nSPS) is 11.2. The number of thiophene rings is 2. The van der Waals surface area contributed by atoms with Crippen LogP contribution in [-0.4, -0.2) is 21.7 Å². The second-order valence-electron chi connectivity index (χ2n) is 4.10. The predicted molar refractivity (Wildman–Crippen MR) is 78.6 cm³/mol. The highest BCUT2D eigenvalue weighted by Gasteiger charge is 2.15. The van der Waals surface area contributed by atoms with Crippen molar-refractivity contribution in [2.75, 3.05) is 6.54 Å². The Bertz CT molecular complexity index is 538. The first-order valence-electron chi connectivity index (χ1n) is 6.08. The molecule has 19 heavy (non-hydrogen) atoms. The Morgan fingerprint density at radius 2 is 1.89 bits per heavy atom. The lowest BCUT2D eigenvalue weighted by Crippen LogP contribution is -2.23. The Hall–Kier alpha value is -1.50. The maximum absolute atomic E-state index is 4.14. The largest absolute Gasteiger partial charge is 0.304 e. The van der Waals surface area contributed by atoms with E-state index in [0.717, 1.165) is 18.8 Å². The summed E-state index contributed by atoms with van der Waals surface area (Å²) >= 11 is 3.57. The molecule has 0 atom stereocenters. The van der Waals surface area contributed by atoms with Gasteiger partial charge in [0.25, 0.3) is 0 Å². The number of hydrogen-bond acceptors (Lipinski definition) is 5. The second-order valence-corrected chi connectivity index (χ2v) is 6.06. The first-order valence-corrected chi connectivity index (χ1v) is 7.84. The minimum atomic E-state index is 0.280. The molecule has 3 aromatic rings. The molecule has 3 rings (SSSR count). The minimum Gasteiger partial charge on any atom is -0.304 e. The Balaban J connectivity index is 1.67. The van der Waals surface area contributed by atoms with Crippen LogP contribution < -0.4 is 5.32 Å². The van der Waals surface area contributed by atoms with Gasteiger partial charge >= 0.3 is 0 Å². The van der Waals surface area contributed by atoms with Gasteiger partial charge in [0.1, 0.15) is 12.2 Å². The molecule has 3 heterocycles. The summed E-state index contributed by atoms with van der Waals surface area (Å²) in [6.45, 7) is 0.871. The van der Waals surface area contributed by atoms with Gasteiger partial charge in [-0.25, -0.2) is 4.98 Å². The van der Waals surface area contributed by atoms with Crippen molar-refractivity contribution >= 4 is 22.7 Å². The monoisotopic (exact) mass is 290 g/mol. The van der Waals surface area contributed by atoms with Gasteiger partial charge in [-0.3, -0.25) is 5.10 Å². The van der Waals surface area contributed by atoms with Gasteiger partial charge in [-0.2, -0.15) is 5.10 Å². The SMILES string of the molecule is c1csc(C(NCCc2ncn[nH]2)c2cccs2)c1. The molecule has 0 aliphatic heterocycles. The summed E-state index contributed by atoms with van der Waals surface area (Å²) in [7, 11) is 0. The number of hydrogen-bond donors (Lipinski definition) is 2. The number of rotatable bonds is 6. The lowest BCUT2D eigenvalue weighted by Gasteiger charge is -2.15. The average molecular weight is 290 g/mol. The summed E-state index contributed by atoms with van der Waals surface area (Å²) < 4.78 is 0. The molecule has 0 bridgehead atoms. The molecular weight excluding hydrogens is 276 g/mol. The number of aromatic nitrogens is 3. The zero-order chi connectivity index (χ0) is 12.9. The van der Waals surface area contributed by atoms with Crippen LogP contribution in [0.5, 0.6) is 0 Å². The maximum Gasteiger partial charge on any atom is 0.137 e. The number of H-pyrrole nitrogens is 1. The second kappa shape index (κ2) is 6.10. The lowest BCUT2D eigenvalue weighted by atomic mass is 10.2. The molecule has 0 unspecified atom stereocenters. The topological polar surface area (TPSA) is 53.6 Å². The molecule has 0 aromatic carbocycles. The highest BCUT2D eigenvalue weighted by Crippen LogP contribution is 2.28. The Kier molecular flexibility index (Phi) is 4.02. The highest BCUT2D eigenvalue weighted by atomic mass is 32.1. The van der Waals surface area contributed by atoms with Gasteiger partial charge in [-0.15, -0.1) is 22.7 Å². The van der Waals surface area contributed by atoms with Gasteiger partial charge in [0, 0.05) is 22.7 Å². The maximum atomic E-state index is 4.14. The fourth-order valence-electron chi connectivity index (χ4n) is 1.94. The van der Waals surface area contributed by atoms with E-state index in [1.807, 2.05) is 0 Å². The summed E-state index contributed by atoms with van der Waals surface area (Å²) in [5, 5.41) is 14.6. The van der Waals surface area contributed by atoms with Crippen LogP contribution in [-0.2, 0) is 6.42 Å². The summed E-state index contributed by atoms with van der Waals surface area (Å²) in [6, 6.07) is 8.83. The highest BCUT2D eigenvalue weighted by molar-refractivity contribution is 7.11. The summed E-state index contributed by atoms with van der Waals surface area (Å²) in [6.07, 6.45) is 2.40. The molecular formula is C13H14N4S2. The molecule has 0 fully saturated rings. The van der Waals surface area contributed by atoms with Gasteiger partial charge in [0.15, 0.2) is 0 Å². The van der Waals surface area contributed by atoms with Crippen molar-refractivity contribution in [2.45, 2.75) is 12.5 Å². The van der Waals surface area contributed by atoms with E-state index < -0.39 is 0 Å². The minimum absolute atomic E-state index is 0.280. The third-order valence-electron chi connectivity index (χ3n) is 2.83. The number of aromatic amines is 1. The molecule has 98 valence electrons. The average Bonchev–Trinajstić information content (AvgIpc) is 3.15. The van der Waals surface area contributed by atoms with Crippen molar-refractivity contribution in [3.8, 4) is 0 Å². The summed E-state index contributed by atoms with van der Waals surface area (Å²) in [5.74, 6) is 0.920. The third-order valence-corrected chi connectivity index (χ3v) is 4.70. The Morgan fingerprint density at radius 3 is 2.42 bits per heavy atom. The van der Waals surface area contributed by atoms with Gasteiger partial charge in [0.05, 0.1) is 6.04 Å². The lowest BCUT2D eigenvalue weighted by molar-refractivity contribution is 0.612. The van der Waals surface area contributed by atoms with Crippen molar-refractivity contribution in [1.82, 2.24) is 20.5 Å². The predicted octanol–water partition coefficient (Wildman–Crippen LogP) is 2.85. The fourth-order valence-corrected chi connectivity index (χ4v) is 3.65. The van der Waals surface area contributed by atoms with Crippen LogP contribution in [0.4, 0.5) is 0 Å². The number of nitrogens with one attached hydrogen (secondary N) is 2. The van der Waals surface area contributed by atoms with E-state index in [1.165, 1.54) is 9.75 Å². The molecule has 0 spiro atoms. The molecule has 0 radical (unpaired) electrons. The Labute approximate surface area is 119 Å². The van der Waals surface area contributed by atoms with Crippen LogP contribution in [0.3, 0.4) is 0 Å². The van der Waals surface area contributed by atoms with E-state index in [4.69, 9.17) is 0 Å². The van der Waals surface area contributed by atoms with E-state index >= 15 is 0 Å². The summed E-state index contributed by atoms with van der Waals surface area (Å²) in [5.41, 5.74) is 0. The molecule has 0 saturated heterocycles. The van der Waals surface area contributed by atoms with Crippen LogP contribution in [0.1, 0.15) is 21.6 Å². The molecule has 6 heteroatoms. The zero-order valence-electron chi connectivity index (χ0n) is 10.2. The van der Waals surface area contributed by atoms with E-state index in [2.05, 4.69) is 55.5 Å². The van der Waals surface area contributed by atoms with E-state index in [1.54, 1.807) is 29.0 Å². The van der Waals surface area contributed by atoms with Crippen molar-refractivity contribution < 1.29 is 0 Å². The number of nitrogens with zero attached hydrogens (tertiary/aromatic N) is 2. The standard InChI is InChI=1S/C13H14N4S2/c1-3-10(18-7-1)13(11-4-2-8-19-11)14-6-5-12-15-9-16-17-12/h1-4,7-9,13-14H,5-6H2,(H,15,16,17).